The Morgan fingerprint density at radius 3 is 2.60 bits per heavy atom. The van der Waals surface area contributed by atoms with Crippen LogP contribution >= 0.6 is 0 Å². The number of amides is 1. The van der Waals surface area contributed by atoms with Gasteiger partial charge in [0.25, 0.3) is 5.91 Å². The molecule has 0 spiro atoms. The van der Waals surface area contributed by atoms with E-state index in [0.29, 0.717) is 11.3 Å². The van der Waals surface area contributed by atoms with Gasteiger partial charge in [-0.2, -0.15) is 0 Å². The zero-order valence-corrected chi connectivity index (χ0v) is 12.6. The third-order valence-corrected chi connectivity index (χ3v) is 4.17. The maximum absolute atomic E-state index is 12.4. The lowest BCUT2D eigenvalue weighted by molar-refractivity contribution is 0.0836. The predicted octanol–water partition coefficient (Wildman–Crippen LogP) is 2.30. The lowest BCUT2D eigenvalue weighted by atomic mass is 9.89. The summed E-state index contributed by atoms with van der Waals surface area (Å²) in [4.78, 5) is 14.9. The van der Waals surface area contributed by atoms with E-state index in [0.717, 1.165) is 32.5 Å². The topological polar surface area (TPSA) is 41.6 Å². The van der Waals surface area contributed by atoms with Gasteiger partial charge in [-0.15, -0.1) is 0 Å². The molecule has 0 radical (unpaired) electrons. The number of hydrogen-bond acceptors (Lipinski definition) is 3. The van der Waals surface area contributed by atoms with Crippen LogP contribution in [-0.2, 0) is 0 Å². The van der Waals surface area contributed by atoms with Crippen molar-refractivity contribution in [2.75, 3.05) is 26.7 Å². The van der Waals surface area contributed by atoms with Crippen molar-refractivity contribution in [1.82, 2.24) is 10.2 Å². The monoisotopic (exact) mass is 276 g/mol. The van der Waals surface area contributed by atoms with Crippen LogP contribution in [0.4, 0.5) is 0 Å². The lowest BCUT2D eigenvalue weighted by Gasteiger charge is -2.39. The number of hydrogen-bond donors (Lipinski definition) is 1. The second kappa shape index (κ2) is 6.27. The highest BCUT2D eigenvalue weighted by Crippen LogP contribution is 2.24. The van der Waals surface area contributed by atoms with E-state index in [4.69, 9.17) is 4.74 Å². The van der Waals surface area contributed by atoms with E-state index in [2.05, 4.69) is 24.1 Å². The normalized spacial score (nSPS) is 18.6. The van der Waals surface area contributed by atoms with Crippen LogP contribution in [0.15, 0.2) is 24.3 Å². The summed E-state index contributed by atoms with van der Waals surface area (Å²) in [5, 5.41) is 3.19. The van der Waals surface area contributed by atoms with Crippen LogP contribution in [0.5, 0.6) is 5.75 Å². The van der Waals surface area contributed by atoms with Gasteiger partial charge in [0, 0.05) is 18.6 Å². The number of para-hydroxylation sites is 1. The Morgan fingerprint density at radius 2 is 2.00 bits per heavy atom. The number of likely N-dealkylation sites (tertiary alicyclic amines) is 1. The highest BCUT2D eigenvalue weighted by molar-refractivity contribution is 5.97. The molecule has 4 heteroatoms. The number of ether oxygens (including phenoxy) is 1. The van der Waals surface area contributed by atoms with Crippen molar-refractivity contribution in [3.63, 3.8) is 0 Å². The Labute approximate surface area is 121 Å². The molecule has 0 unspecified atom stereocenters. The molecule has 0 aromatic heterocycles. The van der Waals surface area contributed by atoms with Gasteiger partial charge in [0.05, 0.1) is 12.7 Å². The number of nitrogens with one attached hydrogen (secondary N) is 1. The largest absolute Gasteiger partial charge is 0.496 e. The van der Waals surface area contributed by atoms with Gasteiger partial charge in [-0.1, -0.05) is 19.1 Å². The van der Waals surface area contributed by atoms with Crippen LogP contribution in [0.2, 0.25) is 0 Å². The Morgan fingerprint density at radius 1 is 1.35 bits per heavy atom. The summed E-state index contributed by atoms with van der Waals surface area (Å²) in [6.45, 7) is 7.47. The molecule has 1 N–H and O–H groups in total. The first-order valence-corrected chi connectivity index (χ1v) is 7.26. The van der Waals surface area contributed by atoms with Crippen LogP contribution < -0.4 is 10.1 Å². The number of methoxy groups -OCH3 is 1. The third-order valence-electron chi connectivity index (χ3n) is 4.17. The Kier molecular flexibility index (Phi) is 4.65. The van der Waals surface area contributed by atoms with Gasteiger partial charge >= 0.3 is 0 Å². The smallest absolute Gasteiger partial charge is 0.255 e. The highest BCUT2D eigenvalue weighted by atomic mass is 16.5. The van der Waals surface area contributed by atoms with E-state index in [9.17, 15) is 4.79 Å². The molecule has 20 heavy (non-hydrogen) atoms. The predicted molar refractivity (Wildman–Crippen MR) is 80.2 cm³/mol. The molecule has 0 atom stereocenters. The van der Waals surface area contributed by atoms with Crippen molar-refractivity contribution in [3.05, 3.63) is 29.8 Å². The number of nitrogens with zero attached hydrogens (tertiary/aromatic N) is 1. The molecule has 110 valence electrons. The van der Waals surface area contributed by atoms with Crippen LogP contribution in [-0.4, -0.2) is 43.1 Å². The van der Waals surface area contributed by atoms with E-state index in [1.807, 2.05) is 18.2 Å². The molecule has 1 saturated heterocycles. The minimum Gasteiger partial charge on any atom is -0.496 e. The van der Waals surface area contributed by atoms with Gasteiger partial charge in [-0.3, -0.25) is 4.79 Å². The number of benzene rings is 1. The van der Waals surface area contributed by atoms with Gasteiger partial charge < -0.3 is 15.0 Å². The van der Waals surface area contributed by atoms with E-state index in [1.54, 1.807) is 13.2 Å². The summed E-state index contributed by atoms with van der Waals surface area (Å²) in [5.74, 6) is 0.578. The minimum absolute atomic E-state index is 0.0464. The number of carbonyl (C=O) groups excluding carboxylic acids is 1. The van der Waals surface area contributed by atoms with Crippen molar-refractivity contribution in [3.8, 4) is 5.75 Å². The third kappa shape index (κ3) is 3.31. The average molecular weight is 276 g/mol. The van der Waals surface area contributed by atoms with Gasteiger partial charge in [-0.05, 0) is 38.4 Å². The standard InChI is InChI=1S/C16H24N2O2/c1-4-18-11-9-16(2,10-12-18)17-15(19)13-7-5-6-8-14(13)20-3/h5-8H,4,9-12H2,1-3H3,(H,17,19). The van der Waals surface area contributed by atoms with Crippen molar-refractivity contribution in [1.29, 1.82) is 0 Å². The van der Waals surface area contributed by atoms with Crippen LogP contribution in [0, 0.1) is 0 Å². The first-order chi connectivity index (χ1) is 9.58. The van der Waals surface area contributed by atoms with E-state index >= 15 is 0 Å². The van der Waals surface area contributed by atoms with Gasteiger partial charge in [0.1, 0.15) is 5.75 Å². The molecule has 1 aromatic rings. The molecule has 1 amide bonds. The van der Waals surface area contributed by atoms with E-state index < -0.39 is 0 Å². The fourth-order valence-electron chi connectivity index (χ4n) is 2.66. The van der Waals surface area contributed by atoms with Gasteiger partial charge in [-0.25, -0.2) is 0 Å². The summed E-state index contributed by atoms with van der Waals surface area (Å²) in [7, 11) is 1.59. The number of rotatable bonds is 4. The summed E-state index contributed by atoms with van der Waals surface area (Å²) in [6, 6.07) is 7.35. The molecule has 4 nitrogen and oxygen atoms in total. The molecule has 1 heterocycles. The molecule has 0 bridgehead atoms. The van der Waals surface area contributed by atoms with Gasteiger partial charge in [0.2, 0.25) is 0 Å². The Hall–Kier alpha value is -1.55. The van der Waals surface area contributed by atoms with E-state index in [1.165, 1.54) is 0 Å². The fraction of sp³-hybridized carbons (Fsp3) is 0.562. The van der Waals surface area contributed by atoms with Gasteiger partial charge in [0.15, 0.2) is 0 Å². The number of piperidine rings is 1. The molecule has 1 aromatic carbocycles. The first kappa shape index (κ1) is 14.9. The van der Waals surface area contributed by atoms with Crippen molar-refractivity contribution >= 4 is 5.91 Å². The van der Waals surface area contributed by atoms with Crippen LogP contribution in [0.3, 0.4) is 0 Å². The quantitative estimate of drug-likeness (QED) is 0.917. The fourth-order valence-corrected chi connectivity index (χ4v) is 2.66. The zero-order chi connectivity index (χ0) is 14.6. The molecule has 1 fully saturated rings. The molecule has 2 rings (SSSR count). The SMILES string of the molecule is CCN1CCC(C)(NC(=O)c2ccccc2OC)CC1. The Balaban J connectivity index is 2.04. The van der Waals surface area contributed by atoms with Crippen molar-refractivity contribution < 1.29 is 9.53 Å². The molecular formula is C16H24N2O2. The lowest BCUT2D eigenvalue weighted by Crippen LogP contribution is -2.53. The summed E-state index contributed by atoms with van der Waals surface area (Å²) in [5.41, 5.74) is 0.484. The van der Waals surface area contributed by atoms with Crippen molar-refractivity contribution in [2.45, 2.75) is 32.2 Å². The first-order valence-electron chi connectivity index (χ1n) is 7.26. The summed E-state index contributed by atoms with van der Waals surface area (Å²) in [6.07, 6.45) is 1.98. The molecule has 1 aliphatic heterocycles. The van der Waals surface area contributed by atoms with Crippen molar-refractivity contribution in [2.24, 2.45) is 0 Å². The molecule has 1 aliphatic rings. The zero-order valence-electron chi connectivity index (χ0n) is 12.6. The number of carbonyl (C=O) groups is 1. The second-order valence-corrected chi connectivity index (χ2v) is 5.65. The van der Waals surface area contributed by atoms with Crippen LogP contribution in [0.1, 0.15) is 37.0 Å². The van der Waals surface area contributed by atoms with E-state index in [-0.39, 0.29) is 11.4 Å². The molecule has 0 aliphatic carbocycles. The second-order valence-electron chi connectivity index (χ2n) is 5.65. The average Bonchev–Trinajstić information content (AvgIpc) is 2.47. The Bertz CT molecular complexity index is 465. The maximum atomic E-state index is 12.4. The summed E-state index contributed by atoms with van der Waals surface area (Å²) >= 11 is 0. The van der Waals surface area contributed by atoms with Crippen LogP contribution in [0.25, 0.3) is 0 Å². The maximum Gasteiger partial charge on any atom is 0.255 e. The molecule has 0 saturated carbocycles. The minimum atomic E-state index is -0.121. The molecular weight excluding hydrogens is 252 g/mol. The summed E-state index contributed by atoms with van der Waals surface area (Å²) < 4.78 is 5.25. The highest BCUT2D eigenvalue weighted by Gasteiger charge is 2.31.